The van der Waals surface area contributed by atoms with E-state index < -0.39 is 17.7 Å². The lowest BCUT2D eigenvalue weighted by Crippen LogP contribution is -2.44. The van der Waals surface area contributed by atoms with Crippen molar-refractivity contribution in [1.82, 2.24) is 14.5 Å². The van der Waals surface area contributed by atoms with Gasteiger partial charge in [-0.3, -0.25) is 9.69 Å². The number of rotatable bonds is 3. The lowest BCUT2D eigenvalue weighted by atomic mass is 9.86. The molecule has 36 heavy (non-hydrogen) atoms. The number of β-amino-alcohol motifs (C(OH)–C–C–N with tert-alkyl or cyclic N) is 1. The zero-order valence-corrected chi connectivity index (χ0v) is 20.3. The van der Waals surface area contributed by atoms with Crippen LogP contribution in [0.1, 0.15) is 54.0 Å². The second-order valence-electron chi connectivity index (χ2n) is 10.2. The van der Waals surface area contributed by atoms with Crippen molar-refractivity contribution in [1.29, 1.82) is 0 Å². The maximum atomic E-state index is 14.6. The number of carbonyl (C=O) groups is 1. The SMILES string of the molecule is CC[C@@]1(O)C(=O)OCc2c1cc1n(c2=O)Cc2c-1nc1cc(F)c(C)cc1c2CN1CCCC(O)C1. The number of aliphatic hydroxyl groups is 2. The molecule has 2 aromatic heterocycles. The smallest absolute Gasteiger partial charge is 0.343 e. The van der Waals surface area contributed by atoms with Crippen molar-refractivity contribution < 1.29 is 24.1 Å². The third-order valence-electron chi connectivity index (χ3n) is 7.95. The molecule has 1 unspecified atom stereocenters. The molecule has 0 spiro atoms. The van der Waals surface area contributed by atoms with E-state index in [-0.39, 0.29) is 42.1 Å². The predicted molar refractivity (Wildman–Crippen MR) is 130 cm³/mol. The van der Waals surface area contributed by atoms with Gasteiger partial charge in [0, 0.05) is 35.7 Å². The van der Waals surface area contributed by atoms with E-state index in [4.69, 9.17) is 9.72 Å². The van der Waals surface area contributed by atoms with E-state index in [2.05, 4.69) is 4.90 Å². The second-order valence-corrected chi connectivity index (χ2v) is 10.2. The van der Waals surface area contributed by atoms with Crippen molar-refractivity contribution in [2.45, 2.75) is 64.5 Å². The van der Waals surface area contributed by atoms with E-state index in [1.807, 2.05) is 0 Å². The zero-order chi connectivity index (χ0) is 25.4. The van der Waals surface area contributed by atoms with Crippen LogP contribution in [0.3, 0.4) is 0 Å². The van der Waals surface area contributed by atoms with E-state index in [1.54, 1.807) is 30.5 Å². The summed E-state index contributed by atoms with van der Waals surface area (Å²) < 4.78 is 21.4. The number of halogens is 1. The fraction of sp³-hybridized carbons (Fsp3) is 0.444. The van der Waals surface area contributed by atoms with Crippen LogP contribution < -0.4 is 5.56 Å². The van der Waals surface area contributed by atoms with Gasteiger partial charge in [0.1, 0.15) is 12.4 Å². The molecule has 6 rings (SSSR count). The Morgan fingerprint density at radius 2 is 2.06 bits per heavy atom. The quantitative estimate of drug-likeness (QED) is 0.423. The number of esters is 1. The van der Waals surface area contributed by atoms with Gasteiger partial charge in [0.15, 0.2) is 5.60 Å². The van der Waals surface area contributed by atoms with Crippen LogP contribution in [-0.2, 0) is 34.8 Å². The van der Waals surface area contributed by atoms with Crippen LogP contribution in [0.2, 0.25) is 0 Å². The summed E-state index contributed by atoms with van der Waals surface area (Å²) in [7, 11) is 0. The summed E-state index contributed by atoms with van der Waals surface area (Å²) in [4.78, 5) is 33.0. The van der Waals surface area contributed by atoms with Gasteiger partial charge in [-0.1, -0.05) is 6.92 Å². The molecule has 0 amide bonds. The summed E-state index contributed by atoms with van der Waals surface area (Å²) in [6, 6.07) is 4.88. The van der Waals surface area contributed by atoms with Gasteiger partial charge in [-0.25, -0.2) is 14.2 Å². The van der Waals surface area contributed by atoms with Crippen molar-refractivity contribution in [2.24, 2.45) is 0 Å². The molecule has 2 atom stereocenters. The molecule has 8 nitrogen and oxygen atoms in total. The van der Waals surface area contributed by atoms with Crippen molar-refractivity contribution >= 4 is 16.9 Å². The van der Waals surface area contributed by atoms with Crippen LogP contribution in [0.4, 0.5) is 4.39 Å². The Bertz CT molecular complexity index is 1500. The van der Waals surface area contributed by atoms with Gasteiger partial charge in [0.05, 0.1) is 35.1 Å². The Balaban J connectivity index is 1.58. The van der Waals surface area contributed by atoms with Gasteiger partial charge in [-0.15, -0.1) is 0 Å². The number of piperidine rings is 1. The minimum Gasteiger partial charge on any atom is -0.458 e. The van der Waals surface area contributed by atoms with E-state index >= 15 is 0 Å². The molecular formula is C27H28FN3O5. The van der Waals surface area contributed by atoms with E-state index in [1.165, 1.54) is 6.07 Å². The summed E-state index contributed by atoms with van der Waals surface area (Å²) in [5.74, 6) is -1.13. The zero-order valence-electron chi connectivity index (χ0n) is 20.3. The monoisotopic (exact) mass is 493 g/mol. The average molecular weight is 494 g/mol. The molecule has 0 bridgehead atoms. The lowest BCUT2D eigenvalue weighted by Gasteiger charge is -2.31. The Hall–Kier alpha value is -3.14. The van der Waals surface area contributed by atoms with Crippen molar-refractivity contribution in [3.63, 3.8) is 0 Å². The highest BCUT2D eigenvalue weighted by Crippen LogP contribution is 2.41. The first kappa shape index (κ1) is 23.3. The third-order valence-corrected chi connectivity index (χ3v) is 7.95. The van der Waals surface area contributed by atoms with Crippen LogP contribution in [0.5, 0.6) is 0 Å². The molecule has 5 heterocycles. The van der Waals surface area contributed by atoms with Gasteiger partial charge < -0.3 is 19.5 Å². The number of hydrogen-bond acceptors (Lipinski definition) is 7. The third kappa shape index (κ3) is 3.33. The molecule has 3 aromatic rings. The molecule has 1 fully saturated rings. The Morgan fingerprint density at radius 1 is 1.25 bits per heavy atom. The highest BCUT2D eigenvalue weighted by molar-refractivity contribution is 5.89. The van der Waals surface area contributed by atoms with Gasteiger partial charge in [-0.2, -0.15) is 0 Å². The Labute approximate surface area is 206 Å². The highest BCUT2D eigenvalue weighted by atomic mass is 19.1. The topological polar surface area (TPSA) is 105 Å². The summed E-state index contributed by atoms with van der Waals surface area (Å²) >= 11 is 0. The number of pyridine rings is 2. The number of nitrogens with zero attached hydrogens (tertiary/aromatic N) is 3. The van der Waals surface area contributed by atoms with Crippen LogP contribution in [0.25, 0.3) is 22.3 Å². The maximum Gasteiger partial charge on any atom is 0.343 e. The number of carbonyl (C=O) groups excluding carboxylic acids is 1. The van der Waals surface area contributed by atoms with Crippen LogP contribution in [-0.4, -0.2) is 49.8 Å². The number of ether oxygens (including phenoxy) is 1. The molecule has 0 aliphatic carbocycles. The fourth-order valence-corrected chi connectivity index (χ4v) is 5.87. The summed E-state index contributed by atoms with van der Waals surface area (Å²) in [5, 5.41) is 22.2. The van der Waals surface area contributed by atoms with Gasteiger partial charge in [0.2, 0.25) is 0 Å². The van der Waals surface area contributed by atoms with Crippen LogP contribution >= 0.6 is 0 Å². The molecule has 0 saturated carbocycles. The molecule has 9 heteroatoms. The standard InChI is InChI=1S/C27H28FN3O5/c1-3-27(35)20-8-23-24-18(12-31(23)25(33)19(20)13-36-26(27)34)17(11-30-6-4-5-15(32)10-30)16-7-14(2)21(28)9-22(16)29-24/h7-9,15,32,35H,3-6,10-13H2,1-2H3/t15?,27-/m0/s1. The number of benzene rings is 1. The number of likely N-dealkylation sites (tertiary alicyclic amines) is 1. The van der Waals surface area contributed by atoms with Gasteiger partial charge in [0.25, 0.3) is 5.56 Å². The minimum absolute atomic E-state index is 0.0623. The van der Waals surface area contributed by atoms with E-state index in [0.29, 0.717) is 35.6 Å². The fourth-order valence-electron chi connectivity index (χ4n) is 5.87. The number of aliphatic hydroxyl groups excluding tert-OH is 1. The number of hydrogen-bond donors (Lipinski definition) is 2. The normalized spacial score (nSPS) is 23.4. The van der Waals surface area contributed by atoms with E-state index in [0.717, 1.165) is 35.9 Å². The number of aromatic nitrogens is 2. The van der Waals surface area contributed by atoms with Crippen molar-refractivity contribution in [3.05, 3.63) is 62.2 Å². The van der Waals surface area contributed by atoms with Gasteiger partial charge >= 0.3 is 5.97 Å². The number of aryl methyl sites for hydroxylation is 1. The molecule has 3 aliphatic rings. The first-order chi connectivity index (χ1) is 17.2. The molecule has 2 N–H and O–H groups in total. The van der Waals surface area contributed by atoms with Crippen LogP contribution in [0.15, 0.2) is 23.0 Å². The van der Waals surface area contributed by atoms with E-state index in [9.17, 15) is 24.2 Å². The predicted octanol–water partition coefficient (Wildman–Crippen LogP) is 2.48. The highest BCUT2D eigenvalue weighted by Gasteiger charge is 2.45. The minimum atomic E-state index is -1.90. The maximum absolute atomic E-state index is 14.6. The molecule has 1 aromatic carbocycles. The van der Waals surface area contributed by atoms with Crippen molar-refractivity contribution in [3.8, 4) is 11.4 Å². The first-order valence-corrected chi connectivity index (χ1v) is 12.4. The second kappa shape index (κ2) is 8.19. The average Bonchev–Trinajstić information content (AvgIpc) is 3.22. The molecule has 0 radical (unpaired) electrons. The summed E-state index contributed by atoms with van der Waals surface area (Å²) in [6.07, 6.45) is 1.32. The molecular weight excluding hydrogens is 465 g/mol. The molecule has 1 saturated heterocycles. The lowest BCUT2D eigenvalue weighted by molar-refractivity contribution is -0.172. The van der Waals surface area contributed by atoms with Gasteiger partial charge in [-0.05, 0) is 56.0 Å². The summed E-state index contributed by atoms with van der Waals surface area (Å²) in [6.45, 7) is 5.38. The first-order valence-electron chi connectivity index (χ1n) is 12.4. The Kier molecular flexibility index (Phi) is 5.30. The number of cyclic esters (lactones) is 1. The van der Waals surface area contributed by atoms with Crippen LogP contribution in [0, 0.1) is 12.7 Å². The summed E-state index contributed by atoms with van der Waals surface area (Å²) in [5.41, 5.74) is 2.14. The number of fused-ring (bicyclic) bond motifs is 5. The molecule has 3 aliphatic heterocycles. The Morgan fingerprint density at radius 3 is 2.81 bits per heavy atom. The van der Waals surface area contributed by atoms with Crippen molar-refractivity contribution in [2.75, 3.05) is 13.1 Å². The molecule has 188 valence electrons. The largest absolute Gasteiger partial charge is 0.458 e.